The van der Waals surface area contributed by atoms with Gasteiger partial charge >= 0.3 is 0 Å². The lowest BCUT2D eigenvalue weighted by molar-refractivity contribution is -0.120. The van der Waals surface area contributed by atoms with E-state index in [9.17, 15) is 4.79 Å². The highest BCUT2D eigenvalue weighted by Gasteiger charge is 2.12. The van der Waals surface area contributed by atoms with Crippen LogP contribution in [0.5, 0.6) is 5.75 Å². The van der Waals surface area contributed by atoms with Gasteiger partial charge in [-0.3, -0.25) is 4.79 Å². The number of likely N-dealkylation sites (N-methyl/N-ethyl adjacent to an activating group) is 1. The fourth-order valence-corrected chi connectivity index (χ4v) is 2.64. The summed E-state index contributed by atoms with van der Waals surface area (Å²) in [6, 6.07) is 27.7. The van der Waals surface area contributed by atoms with Crippen LogP contribution in [-0.2, 0) is 11.2 Å². The molecule has 0 aromatic heterocycles. The maximum atomic E-state index is 12.4. The number of carbonyl (C=O) groups excluding carboxylic acids is 1. The fourth-order valence-electron chi connectivity index (χ4n) is 2.64. The van der Waals surface area contributed by atoms with Crippen molar-refractivity contribution in [3.05, 3.63) is 96.1 Å². The van der Waals surface area contributed by atoms with Gasteiger partial charge in [0.15, 0.2) is 6.61 Å². The molecule has 0 aliphatic rings. The van der Waals surface area contributed by atoms with Gasteiger partial charge in [0.05, 0.1) is 0 Å². The maximum absolute atomic E-state index is 12.4. The van der Waals surface area contributed by atoms with Gasteiger partial charge in [0.2, 0.25) is 0 Å². The van der Waals surface area contributed by atoms with Gasteiger partial charge in [-0.15, -0.1) is 0 Å². The lowest BCUT2D eigenvalue weighted by atomic mass is 10.0. The number of hydrogen-bond donors (Lipinski definition) is 0. The Bertz CT molecular complexity index is 816. The minimum absolute atomic E-state index is 0.0111. The molecule has 0 heterocycles. The highest BCUT2D eigenvalue weighted by molar-refractivity contribution is 5.93. The Labute approximate surface area is 148 Å². The number of hydrogen-bond acceptors (Lipinski definition) is 2. The van der Waals surface area contributed by atoms with Crippen molar-refractivity contribution in [2.45, 2.75) is 6.42 Å². The number of benzene rings is 3. The Morgan fingerprint density at radius 1 is 0.840 bits per heavy atom. The van der Waals surface area contributed by atoms with Crippen LogP contribution >= 0.6 is 0 Å². The summed E-state index contributed by atoms with van der Waals surface area (Å²) in [5.74, 6) is 0.668. The van der Waals surface area contributed by atoms with E-state index < -0.39 is 0 Å². The van der Waals surface area contributed by atoms with Crippen LogP contribution in [0.1, 0.15) is 11.1 Å². The third kappa shape index (κ3) is 4.48. The molecule has 0 aliphatic carbocycles. The number of anilines is 1. The van der Waals surface area contributed by atoms with Gasteiger partial charge in [-0.1, -0.05) is 66.7 Å². The Kier molecular flexibility index (Phi) is 5.47. The van der Waals surface area contributed by atoms with Gasteiger partial charge in [-0.2, -0.15) is 0 Å². The van der Waals surface area contributed by atoms with Crippen molar-refractivity contribution in [3.8, 4) is 5.75 Å². The van der Waals surface area contributed by atoms with E-state index in [1.54, 1.807) is 11.9 Å². The van der Waals surface area contributed by atoms with Crippen molar-refractivity contribution in [1.29, 1.82) is 0 Å². The van der Waals surface area contributed by atoms with E-state index in [0.717, 1.165) is 23.4 Å². The quantitative estimate of drug-likeness (QED) is 0.673. The number of amides is 1. The summed E-state index contributed by atoms with van der Waals surface area (Å²) in [4.78, 5) is 14.0. The number of ether oxygens (including phenoxy) is 1. The van der Waals surface area contributed by atoms with Gasteiger partial charge in [-0.05, 0) is 29.3 Å². The molecule has 0 saturated heterocycles. The lowest BCUT2D eigenvalue weighted by Gasteiger charge is -2.18. The highest BCUT2D eigenvalue weighted by atomic mass is 16.5. The first kappa shape index (κ1) is 16.8. The molecule has 3 aromatic rings. The molecule has 0 unspecified atom stereocenters. The summed E-state index contributed by atoms with van der Waals surface area (Å²) >= 11 is 0. The second-order valence-electron chi connectivity index (χ2n) is 5.85. The van der Waals surface area contributed by atoms with Gasteiger partial charge in [0, 0.05) is 19.2 Å². The summed E-state index contributed by atoms with van der Waals surface area (Å²) in [6.07, 6.45) is 0.778. The SMILES string of the molecule is CN(C(=O)COc1ccccc1Cc1ccccc1)c1ccccc1. The summed E-state index contributed by atoms with van der Waals surface area (Å²) in [6.45, 7) is 0.0111. The maximum Gasteiger partial charge on any atom is 0.264 e. The predicted octanol–water partition coefficient (Wildman–Crippen LogP) is 4.32. The average Bonchev–Trinajstić information content (AvgIpc) is 2.68. The summed E-state index contributed by atoms with van der Waals surface area (Å²) < 4.78 is 5.82. The zero-order valence-corrected chi connectivity index (χ0v) is 14.3. The van der Waals surface area contributed by atoms with E-state index in [1.807, 2.05) is 72.8 Å². The minimum atomic E-state index is -0.0827. The molecule has 3 heteroatoms. The Morgan fingerprint density at radius 3 is 2.16 bits per heavy atom. The van der Waals surface area contributed by atoms with E-state index in [-0.39, 0.29) is 12.5 Å². The summed E-state index contributed by atoms with van der Waals surface area (Å²) in [5.41, 5.74) is 3.14. The normalized spacial score (nSPS) is 10.3. The van der Waals surface area contributed by atoms with Crippen LogP contribution in [0.3, 0.4) is 0 Å². The van der Waals surface area contributed by atoms with Gasteiger partial charge in [0.1, 0.15) is 5.75 Å². The molecule has 0 N–H and O–H groups in total. The van der Waals surface area contributed by atoms with E-state index in [2.05, 4.69) is 12.1 Å². The first-order valence-electron chi connectivity index (χ1n) is 8.30. The Balaban J connectivity index is 1.66. The van der Waals surface area contributed by atoms with Crippen molar-refractivity contribution < 1.29 is 9.53 Å². The number of para-hydroxylation sites is 2. The van der Waals surface area contributed by atoms with Crippen molar-refractivity contribution in [2.24, 2.45) is 0 Å². The molecule has 0 aliphatic heterocycles. The van der Waals surface area contributed by atoms with Crippen LogP contribution in [0.15, 0.2) is 84.9 Å². The molecule has 3 aromatic carbocycles. The molecule has 25 heavy (non-hydrogen) atoms. The second-order valence-corrected chi connectivity index (χ2v) is 5.85. The van der Waals surface area contributed by atoms with Crippen molar-refractivity contribution in [3.63, 3.8) is 0 Å². The fraction of sp³-hybridized carbons (Fsp3) is 0.136. The smallest absolute Gasteiger partial charge is 0.264 e. The highest BCUT2D eigenvalue weighted by Crippen LogP contribution is 2.22. The average molecular weight is 331 g/mol. The van der Waals surface area contributed by atoms with E-state index in [1.165, 1.54) is 5.56 Å². The van der Waals surface area contributed by atoms with E-state index in [0.29, 0.717) is 0 Å². The van der Waals surface area contributed by atoms with Gasteiger partial charge in [-0.25, -0.2) is 0 Å². The molecule has 126 valence electrons. The van der Waals surface area contributed by atoms with Crippen LogP contribution in [0.4, 0.5) is 5.69 Å². The molecule has 3 rings (SSSR count). The summed E-state index contributed by atoms with van der Waals surface area (Å²) in [7, 11) is 1.76. The standard InChI is InChI=1S/C22H21NO2/c1-23(20-13-6-3-7-14-20)22(24)17-25-21-15-9-8-12-19(21)16-18-10-4-2-5-11-18/h2-15H,16-17H2,1H3. The predicted molar refractivity (Wildman–Crippen MR) is 101 cm³/mol. The van der Waals surface area contributed by atoms with Gasteiger partial charge < -0.3 is 9.64 Å². The molecule has 0 radical (unpaired) electrons. The van der Waals surface area contributed by atoms with Crippen molar-refractivity contribution in [2.75, 3.05) is 18.6 Å². The number of rotatable bonds is 6. The monoisotopic (exact) mass is 331 g/mol. The second kappa shape index (κ2) is 8.15. The molecule has 1 amide bonds. The molecule has 3 nitrogen and oxygen atoms in total. The third-order valence-electron chi connectivity index (χ3n) is 4.08. The van der Waals surface area contributed by atoms with Crippen molar-refractivity contribution in [1.82, 2.24) is 0 Å². The van der Waals surface area contributed by atoms with Crippen LogP contribution in [0.25, 0.3) is 0 Å². The number of nitrogens with zero attached hydrogens (tertiary/aromatic N) is 1. The minimum Gasteiger partial charge on any atom is -0.483 e. The Morgan fingerprint density at radius 2 is 1.44 bits per heavy atom. The van der Waals surface area contributed by atoms with Crippen molar-refractivity contribution >= 4 is 11.6 Å². The first-order valence-corrected chi connectivity index (χ1v) is 8.30. The van der Waals surface area contributed by atoms with Crippen LogP contribution in [0.2, 0.25) is 0 Å². The van der Waals surface area contributed by atoms with Gasteiger partial charge in [0.25, 0.3) is 5.91 Å². The molecular weight excluding hydrogens is 310 g/mol. The Hall–Kier alpha value is -3.07. The summed E-state index contributed by atoms with van der Waals surface area (Å²) in [5, 5.41) is 0. The molecular formula is C22H21NO2. The lowest BCUT2D eigenvalue weighted by Crippen LogP contribution is -2.31. The van der Waals surface area contributed by atoms with Crippen LogP contribution < -0.4 is 9.64 Å². The van der Waals surface area contributed by atoms with Crippen LogP contribution in [0, 0.1) is 0 Å². The first-order chi connectivity index (χ1) is 12.2. The van der Waals surface area contributed by atoms with E-state index >= 15 is 0 Å². The third-order valence-corrected chi connectivity index (χ3v) is 4.08. The van der Waals surface area contributed by atoms with Crippen LogP contribution in [-0.4, -0.2) is 19.6 Å². The number of carbonyl (C=O) groups is 1. The molecule has 0 bridgehead atoms. The molecule has 0 fully saturated rings. The molecule has 0 saturated carbocycles. The topological polar surface area (TPSA) is 29.5 Å². The largest absolute Gasteiger partial charge is 0.483 e. The zero-order chi connectivity index (χ0) is 17.5. The van der Waals surface area contributed by atoms with E-state index in [4.69, 9.17) is 4.74 Å². The molecule has 0 atom stereocenters. The molecule has 0 spiro atoms. The zero-order valence-electron chi connectivity index (χ0n) is 14.3.